The smallest absolute Gasteiger partial charge is 0.272 e. The van der Waals surface area contributed by atoms with Gasteiger partial charge in [0.2, 0.25) is 6.79 Å². The number of carbonyl (C=O) groups is 1. The number of amides is 1. The van der Waals surface area contributed by atoms with Crippen molar-refractivity contribution in [3.63, 3.8) is 0 Å². The van der Waals surface area contributed by atoms with Gasteiger partial charge in [-0.25, -0.2) is 15.4 Å². The normalized spacial score (nSPS) is 12.4. The van der Waals surface area contributed by atoms with Gasteiger partial charge in [0, 0.05) is 33.1 Å². The van der Waals surface area contributed by atoms with Crippen molar-refractivity contribution in [1.29, 1.82) is 0 Å². The van der Waals surface area contributed by atoms with E-state index in [-0.39, 0.29) is 12.7 Å². The molecule has 0 bridgehead atoms. The molecule has 7 nitrogen and oxygen atoms in total. The van der Waals surface area contributed by atoms with Gasteiger partial charge in [0.1, 0.15) is 0 Å². The lowest BCUT2D eigenvalue weighted by Crippen LogP contribution is -2.18. The molecular formula is C23H16BrN4O3+. The first kappa shape index (κ1) is 19.2. The second-order valence-electron chi connectivity index (χ2n) is 6.79. The Kier molecular flexibility index (Phi) is 5.05. The molecule has 0 radical (unpaired) electrons. The van der Waals surface area contributed by atoms with Gasteiger partial charge in [0.25, 0.3) is 5.91 Å². The molecule has 8 heteroatoms. The second-order valence-corrected chi connectivity index (χ2v) is 7.64. The molecule has 0 saturated heterocycles. The number of aromatic nitrogens is 2. The summed E-state index contributed by atoms with van der Waals surface area (Å²) in [4.78, 5) is 20.7. The van der Waals surface area contributed by atoms with Crippen molar-refractivity contribution in [2.75, 3.05) is 6.79 Å². The zero-order chi connectivity index (χ0) is 21.2. The van der Waals surface area contributed by atoms with Crippen LogP contribution in [0.1, 0.15) is 15.9 Å². The number of hydrogen-bond acceptors (Lipinski definition) is 5. The maximum Gasteiger partial charge on any atom is 0.272 e. The Balaban J connectivity index is 1.45. The van der Waals surface area contributed by atoms with Crippen LogP contribution >= 0.6 is 15.9 Å². The number of halogens is 1. The first-order valence-corrected chi connectivity index (χ1v) is 10.3. The van der Waals surface area contributed by atoms with Crippen LogP contribution in [0.5, 0.6) is 11.5 Å². The molecule has 0 saturated carbocycles. The summed E-state index contributed by atoms with van der Waals surface area (Å²) in [5.41, 5.74) is 6.22. The fraction of sp³-hybridized carbons (Fsp3) is 0.0435. The highest BCUT2D eigenvalue weighted by molar-refractivity contribution is 9.10. The Morgan fingerprint density at radius 3 is 2.71 bits per heavy atom. The number of H-pyrrole nitrogens is 1. The van der Waals surface area contributed by atoms with Crippen LogP contribution in [0, 0.1) is 0 Å². The number of carbonyl (C=O) groups excluding carboxylic acids is 1. The van der Waals surface area contributed by atoms with Gasteiger partial charge < -0.3 is 9.47 Å². The van der Waals surface area contributed by atoms with Crippen molar-refractivity contribution in [2.24, 2.45) is 5.10 Å². The van der Waals surface area contributed by atoms with Crippen LogP contribution in [-0.4, -0.2) is 23.9 Å². The third kappa shape index (κ3) is 3.85. The average molecular weight is 476 g/mol. The number of fused-ring (bicyclic) bond motifs is 2. The molecule has 0 aliphatic carbocycles. The summed E-state index contributed by atoms with van der Waals surface area (Å²) in [6.07, 6.45) is 5.19. The molecule has 0 fully saturated rings. The molecule has 2 N–H and O–H groups in total. The lowest BCUT2D eigenvalue weighted by molar-refractivity contribution is -0.377. The number of pyridine rings is 2. The number of hydrogen-bond donors (Lipinski definition) is 1. The lowest BCUT2D eigenvalue weighted by atomic mass is 10.0. The highest BCUT2D eigenvalue weighted by Crippen LogP contribution is 2.36. The Labute approximate surface area is 185 Å². The van der Waals surface area contributed by atoms with Crippen molar-refractivity contribution >= 4 is 39.0 Å². The molecule has 0 atom stereocenters. The minimum Gasteiger partial charge on any atom is -0.454 e. The maximum atomic E-state index is 13.0. The van der Waals surface area contributed by atoms with Crippen molar-refractivity contribution < 1.29 is 19.3 Å². The summed E-state index contributed by atoms with van der Waals surface area (Å²) in [5.74, 6) is 0.985. The number of hydrazone groups is 1. The second kappa shape index (κ2) is 8.16. The molecule has 1 amide bonds. The summed E-state index contributed by atoms with van der Waals surface area (Å²) in [5, 5.41) is 4.89. The van der Waals surface area contributed by atoms with E-state index in [0.29, 0.717) is 22.8 Å². The Morgan fingerprint density at radius 2 is 1.87 bits per heavy atom. The van der Waals surface area contributed by atoms with E-state index in [1.165, 1.54) is 0 Å². The van der Waals surface area contributed by atoms with Crippen molar-refractivity contribution in [3.05, 3.63) is 82.6 Å². The molecule has 31 heavy (non-hydrogen) atoms. The summed E-state index contributed by atoms with van der Waals surface area (Å²) in [6.45, 7) is 0.190. The van der Waals surface area contributed by atoms with Crippen LogP contribution in [-0.2, 0) is 0 Å². The van der Waals surface area contributed by atoms with Crippen LogP contribution in [0.4, 0.5) is 0 Å². The predicted octanol–water partition coefficient (Wildman–Crippen LogP) is 3.97. The summed E-state index contributed by atoms with van der Waals surface area (Å²) >= 11 is 3.48. The largest absolute Gasteiger partial charge is 0.454 e. The van der Waals surface area contributed by atoms with Crippen LogP contribution in [0.25, 0.3) is 22.2 Å². The van der Waals surface area contributed by atoms with Crippen molar-refractivity contribution in [1.82, 2.24) is 10.4 Å². The predicted molar refractivity (Wildman–Crippen MR) is 119 cm³/mol. The van der Waals surface area contributed by atoms with Gasteiger partial charge in [0.05, 0.1) is 23.0 Å². The van der Waals surface area contributed by atoms with E-state index in [1.54, 1.807) is 18.3 Å². The first-order valence-electron chi connectivity index (χ1n) is 9.48. The SMILES string of the molecule is O=C(NN=Cc1cc2c(cc1Br)OCO2)c1cc(-c2cc[nH+]cc2)nc2ccccc12. The van der Waals surface area contributed by atoms with Gasteiger partial charge in [-0.05, 0) is 40.2 Å². The number of aromatic amines is 1. The third-order valence-corrected chi connectivity index (χ3v) is 5.52. The summed E-state index contributed by atoms with van der Waals surface area (Å²) in [7, 11) is 0. The molecule has 1 aliphatic heterocycles. The van der Waals surface area contributed by atoms with E-state index >= 15 is 0 Å². The molecular weight excluding hydrogens is 460 g/mol. The minimum atomic E-state index is -0.324. The zero-order valence-corrected chi connectivity index (χ0v) is 17.7. The zero-order valence-electron chi connectivity index (χ0n) is 16.1. The van der Waals surface area contributed by atoms with Crippen molar-refractivity contribution in [3.8, 4) is 22.8 Å². The highest BCUT2D eigenvalue weighted by Gasteiger charge is 2.16. The molecule has 0 unspecified atom stereocenters. The Hall–Kier alpha value is -3.78. The van der Waals surface area contributed by atoms with E-state index in [0.717, 1.165) is 26.5 Å². The molecule has 1 aliphatic rings. The third-order valence-electron chi connectivity index (χ3n) is 4.84. The first-order chi connectivity index (χ1) is 15.2. The monoisotopic (exact) mass is 475 g/mol. The van der Waals surface area contributed by atoms with Gasteiger partial charge >= 0.3 is 0 Å². The highest BCUT2D eigenvalue weighted by atomic mass is 79.9. The number of para-hydroxylation sites is 1. The van der Waals surface area contributed by atoms with Gasteiger partial charge in [-0.15, -0.1) is 0 Å². The topological polar surface area (TPSA) is 87.0 Å². The van der Waals surface area contributed by atoms with E-state index in [1.807, 2.05) is 54.9 Å². The van der Waals surface area contributed by atoms with E-state index < -0.39 is 0 Å². The summed E-state index contributed by atoms with van der Waals surface area (Å²) < 4.78 is 11.5. The number of nitrogens with zero attached hydrogens (tertiary/aromatic N) is 2. The van der Waals surface area contributed by atoms with Gasteiger partial charge in [-0.3, -0.25) is 4.79 Å². The fourth-order valence-electron chi connectivity index (χ4n) is 3.32. The molecule has 5 rings (SSSR count). The number of rotatable bonds is 4. The quantitative estimate of drug-likeness (QED) is 0.357. The number of ether oxygens (including phenoxy) is 2. The number of nitrogens with one attached hydrogen (secondary N) is 2. The molecule has 3 heterocycles. The van der Waals surface area contributed by atoms with Crippen LogP contribution in [0.3, 0.4) is 0 Å². The number of benzene rings is 2. The van der Waals surface area contributed by atoms with E-state index in [9.17, 15) is 4.79 Å². The standard InChI is InChI=1S/C23H15BrN4O3/c24-18-11-22-21(30-13-31-22)9-15(18)12-26-28-23(29)17-10-20(14-5-7-25-8-6-14)27-19-4-2-1-3-16(17)19/h1-12H,13H2,(H,28,29)/p+1. The molecule has 0 spiro atoms. The van der Waals surface area contributed by atoms with Crippen LogP contribution in [0.15, 0.2) is 76.6 Å². The van der Waals surface area contributed by atoms with E-state index in [4.69, 9.17) is 14.5 Å². The van der Waals surface area contributed by atoms with Crippen LogP contribution in [0.2, 0.25) is 0 Å². The van der Waals surface area contributed by atoms with Crippen molar-refractivity contribution in [2.45, 2.75) is 0 Å². The Morgan fingerprint density at radius 1 is 1.10 bits per heavy atom. The molecule has 2 aromatic carbocycles. The van der Waals surface area contributed by atoms with E-state index in [2.05, 4.69) is 31.4 Å². The molecule has 2 aromatic heterocycles. The lowest BCUT2D eigenvalue weighted by Gasteiger charge is -2.08. The Bertz CT molecular complexity index is 1330. The summed E-state index contributed by atoms with van der Waals surface area (Å²) in [6, 6.07) is 16.7. The van der Waals surface area contributed by atoms with Crippen LogP contribution < -0.4 is 19.9 Å². The van der Waals surface area contributed by atoms with Gasteiger partial charge in [0.15, 0.2) is 23.9 Å². The van der Waals surface area contributed by atoms with Gasteiger partial charge in [-0.2, -0.15) is 5.10 Å². The fourth-order valence-corrected chi connectivity index (χ4v) is 3.75. The minimum absolute atomic E-state index is 0.190. The molecule has 4 aromatic rings. The van der Waals surface area contributed by atoms with Gasteiger partial charge in [-0.1, -0.05) is 18.2 Å². The maximum absolute atomic E-state index is 13.0. The average Bonchev–Trinajstić information content (AvgIpc) is 3.26. The molecule has 152 valence electrons.